The summed E-state index contributed by atoms with van der Waals surface area (Å²) >= 11 is 12.1. The molecule has 0 fully saturated rings. The van der Waals surface area contributed by atoms with E-state index >= 15 is 0 Å². The maximum atomic E-state index is 12.2. The molecule has 1 heterocycles. The maximum absolute atomic E-state index is 12.2. The number of methoxy groups -OCH3 is 1. The minimum atomic E-state index is -0.525. The number of benzene rings is 3. The monoisotopic (exact) mass is 453 g/mol. The van der Waals surface area contributed by atoms with Crippen molar-refractivity contribution in [2.24, 2.45) is 5.16 Å². The molecule has 0 spiro atoms. The van der Waals surface area contributed by atoms with Crippen LogP contribution in [0, 0.1) is 0 Å². The lowest BCUT2D eigenvalue weighted by Crippen LogP contribution is -2.06. The van der Waals surface area contributed by atoms with E-state index in [2.05, 4.69) is 5.16 Å². The lowest BCUT2D eigenvalue weighted by Gasteiger charge is -2.12. The third-order valence-electron chi connectivity index (χ3n) is 4.65. The van der Waals surface area contributed by atoms with E-state index in [0.717, 1.165) is 16.7 Å². The third-order valence-corrected chi connectivity index (χ3v) is 5.27. The minimum Gasteiger partial charge on any atom is -0.493 e. The highest BCUT2D eigenvalue weighted by Crippen LogP contribution is 2.31. The van der Waals surface area contributed by atoms with Crippen LogP contribution in [0.3, 0.4) is 0 Å². The number of rotatable bonds is 6. The fourth-order valence-corrected chi connectivity index (χ4v) is 3.37. The second kappa shape index (κ2) is 9.25. The van der Waals surface area contributed by atoms with E-state index in [9.17, 15) is 4.79 Å². The largest absolute Gasteiger partial charge is 0.493 e. The number of carbonyl (C=O) groups excluding carboxylic acids is 1. The quantitative estimate of drug-likeness (QED) is 0.343. The molecule has 1 aliphatic rings. The Hall–Kier alpha value is -3.28. The van der Waals surface area contributed by atoms with Crippen LogP contribution < -0.4 is 9.47 Å². The van der Waals surface area contributed by atoms with Gasteiger partial charge in [0, 0.05) is 21.2 Å². The van der Waals surface area contributed by atoms with Crippen LogP contribution in [-0.2, 0) is 16.2 Å². The molecule has 1 aliphatic heterocycles. The van der Waals surface area contributed by atoms with Gasteiger partial charge in [0.2, 0.25) is 0 Å². The first-order valence-electron chi connectivity index (χ1n) is 9.37. The zero-order valence-corrected chi connectivity index (χ0v) is 18.0. The van der Waals surface area contributed by atoms with E-state index in [1.54, 1.807) is 49.6 Å². The van der Waals surface area contributed by atoms with Crippen LogP contribution >= 0.6 is 23.2 Å². The van der Waals surface area contributed by atoms with Gasteiger partial charge in [-0.15, -0.1) is 0 Å². The van der Waals surface area contributed by atoms with E-state index in [1.165, 1.54) is 0 Å². The van der Waals surface area contributed by atoms with Crippen LogP contribution in [0.1, 0.15) is 16.7 Å². The summed E-state index contributed by atoms with van der Waals surface area (Å²) in [5.41, 5.74) is 3.12. The summed E-state index contributed by atoms with van der Waals surface area (Å²) in [6.45, 7) is 0.302. The fourth-order valence-electron chi connectivity index (χ4n) is 3.06. The summed E-state index contributed by atoms with van der Waals surface area (Å²) < 4.78 is 11.4. The zero-order chi connectivity index (χ0) is 21.8. The molecule has 0 unspecified atom stereocenters. The molecule has 0 saturated heterocycles. The average molecular weight is 454 g/mol. The van der Waals surface area contributed by atoms with E-state index in [1.807, 2.05) is 30.3 Å². The predicted octanol–water partition coefficient (Wildman–Crippen LogP) is 5.93. The topological polar surface area (TPSA) is 57.1 Å². The summed E-state index contributed by atoms with van der Waals surface area (Å²) in [4.78, 5) is 17.1. The van der Waals surface area contributed by atoms with Crippen molar-refractivity contribution in [3.05, 3.63) is 99.0 Å². The first-order valence-corrected chi connectivity index (χ1v) is 10.1. The van der Waals surface area contributed by atoms with Crippen LogP contribution in [0.2, 0.25) is 10.0 Å². The number of oxime groups is 1. The molecule has 0 atom stereocenters. The van der Waals surface area contributed by atoms with Gasteiger partial charge >= 0.3 is 5.97 Å². The molecule has 0 amide bonds. The Bertz CT molecular complexity index is 1190. The third kappa shape index (κ3) is 4.74. The van der Waals surface area contributed by atoms with Gasteiger partial charge in [0.15, 0.2) is 11.5 Å². The van der Waals surface area contributed by atoms with Gasteiger partial charge in [0.25, 0.3) is 0 Å². The van der Waals surface area contributed by atoms with Crippen molar-refractivity contribution in [1.82, 2.24) is 0 Å². The van der Waals surface area contributed by atoms with Crippen molar-refractivity contribution >= 4 is 41.0 Å². The molecular weight excluding hydrogens is 437 g/mol. The number of hydrogen-bond donors (Lipinski definition) is 0. The summed E-state index contributed by atoms with van der Waals surface area (Å²) in [6.07, 6.45) is 1.70. The van der Waals surface area contributed by atoms with Crippen LogP contribution in [0.5, 0.6) is 11.5 Å². The fraction of sp³-hybridized carbons (Fsp3) is 0.0833. The lowest BCUT2D eigenvalue weighted by atomic mass is 10.0. The van der Waals surface area contributed by atoms with Gasteiger partial charge in [0.05, 0.1) is 12.7 Å². The molecular formula is C24H17Cl2NO4. The van der Waals surface area contributed by atoms with Crippen molar-refractivity contribution in [2.45, 2.75) is 6.61 Å². The Balaban J connectivity index is 1.58. The molecule has 0 aromatic heterocycles. The van der Waals surface area contributed by atoms with Crippen molar-refractivity contribution in [2.75, 3.05) is 7.11 Å². The summed E-state index contributed by atoms with van der Waals surface area (Å²) in [5.74, 6) is 0.561. The van der Waals surface area contributed by atoms with E-state index in [-0.39, 0.29) is 0 Å². The molecule has 7 heteroatoms. The van der Waals surface area contributed by atoms with Crippen LogP contribution in [-0.4, -0.2) is 18.8 Å². The van der Waals surface area contributed by atoms with Gasteiger partial charge in [-0.05, 0) is 42.0 Å². The van der Waals surface area contributed by atoms with E-state index in [0.29, 0.717) is 39.4 Å². The van der Waals surface area contributed by atoms with Gasteiger partial charge in [-0.1, -0.05) is 64.8 Å². The Labute approximate surface area is 189 Å². The molecule has 0 aliphatic carbocycles. The Morgan fingerprint density at radius 1 is 1.00 bits per heavy atom. The van der Waals surface area contributed by atoms with Crippen molar-refractivity contribution in [3.63, 3.8) is 0 Å². The number of carbonyl (C=O) groups is 1. The Morgan fingerprint density at radius 2 is 1.77 bits per heavy atom. The van der Waals surface area contributed by atoms with Gasteiger partial charge in [-0.25, -0.2) is 4.79 Å². The van der Waals surface area contributed by atoms with Crippen LogP contribution in [0.15, 0.2) is 77.5 Å². The maximum Gasteiger partial charge on any atom is 0.368 e. The number of ether oxygens (including phenoxy) is 2. The molecule has 5 nitrogen and oxygen atoms in total. The molecule has 0 N–H and O–H groups in total. The van der Waals surface area contributed by atoms with E-state index < -0.39 is 5.97 Å². The van der Waals surface area contributed by atoms with Crippen molar-refractivity contribution in [1.29, 1.82) is 0 Å². The molecule has 0 saturated carbocycles. The first-order chi connectivity index (χ1) is 15.0. The van der Waals surface area contributed by atoms with Crippen molar-refractivity contribution < 1.29 is 19.1 Å². The highest BCUT2D eigenvalue weighted by Gasteiger charge is 2.27. The second-order valence-corrected chi connectivity index (χ2v) is 7.52. The lowest BCUT2D eigenvalue weighted by molar-refractivity contribution is -0.136. The molecule has 0 bridgehead atoms. The summed E-state index contributed by atoms with van der Waals surface area (Å²) in [5, 5.41) is 5.14. The Morgan fingerprint density at radius 3 is 2.52 bits per heavy atom. The molecule has 3 aromatic rings. The smallest absolute Gasteiger partial charge is 0.368 e. The number of hydrogen-bond acceptors (Lipinski definition) is 5. The van der Waals surface area contributed by atoms with Gasteiger partial charge in [-0.3, -0.25) is 0 Å². The van der Waals surface area contributed by atoms with Gasteiger partial charge in [-0.2, -0.15) is 0 Å². The molecule has 4 rings (SSSR count). The average Bonchev–Trinajstić information content (AvgIpc) is 3.14. The van der Waals surface area contributed by atoms with Crippen LogP contribution in [0.4, 0.5) is 0 Å². The van der Waals surface area contributed by atoms with E-state index in [4.69, 9.17) is 37.5 Å². The summed E-state index contributed by atoms with van der Waals surface area (Å²) in [6, 6.07) is 19.9. The summed E-state index contributed by atoms with van der Waals surface area (Å²) in [7, 11) is 1.55. The van der Waals surface area contributed by atoms with Crippen LogP contribution in [0.25, 0.3) is 6.08 Å². The Kier molecular flexibility index (Phi) is 6.26. The zero-order valence-electron chi connectivity index (χ0n) is 16.5. The number of halogens is 2. The van der Waals surface area contributed by atoms with Gasteiger partial charge in [0.1, 0.15) is 12.3 Å². The highest BCUT2D eigenvalue weighted by molar-refractivity contribution is 6.33. The highest BCUT2D eigenvalue weighted by atomic mass is 35.5. The molecule has 0 radical (unpaired) electrons. The molecule has 3 aromatic carbocycles. The standard InChI is InChI=1S/C24H17Cl2NO4/c1-29-22-13-15(6-11-21(22)30-14-17-4-2-3-5-20(17)26)12-19-23(27-31-24(19)28)16-7-9-18(25)10-8-16/h2-13H,14H2,1H3. The second-order valence-electron chi connectivity index (χ2n) is 6.67. The molecule has 156 valence electrons. The molecule has 31 heavy (non-hydrogen) atoms. The first kappa shape index (κ1) is 21.0. The predicted molar refractivity (Wildman–Crippen MR) is 121 cm³/mol. The minimum absolute atomic E-state index is 0.302. The SMILES string of the molecule is COc1cc(C=C2C(=O)ON=C2c2ccc(Cl)cc2)ccc1OCc1ccccc1Cl. The van der Waals surface area contributed by atoms with Gasteiger partial charge < -0.3 is 14.3 Å². The number of nitrogens with zero attached hydrogens (tertiary/aromatic N) is 1. The normalized spacial score (nSPS) is 14.4. The van der Waals surface area contributed by atoms with Crippen molar-refractivity contribution in [3.8, 4) is 11.5 Å².